The van der Waals surface area contributed by atoms with Gasteiger partial charge in [0.1, 0.15) is 41.5 Å². The Labute approximate surface area is 239 Å². The van der Waals surface area contributed by atoms with Crippen molar-refractivity contribution >= 4 is 28.5 Å². The van der Waals surface area contributed by atoms with Gasteiger partial charge in [-0.05, 0) is 62.1 Å². The molecule has 0 aliphatic heterocycles. The van der Waals surface area contributed by atoms with Crippen molar-refractivity contribution in [2.75, 3.05) is 13.2 Å². The number of pyridine rings is 1. The van der Waals surface area contributed by atoms with Crippen LogP contribution in [0.3, 0.4) is 0 Å². The van der Waals surface area contributed by atoms with E-state index >= 15 is 0 Å². The number of hydrogen-bond donors (Lipinski definition) is 3. The van der Waals surface area contributed by atoms with E-state index in [4.69, 9.17) is 21.3 Å². The molecule has 0 spiro atoms. The molecule has 2 atom stereocenters. The molecule has 41 heavy (non-hydrogen) atoms. The normalized spacial score (nSPS) is 17.0. The Morgan fingerprint density at radius 1 is 1.20 bits per heavy atom. The second kappa shape index (κ2) is 11.6. The molecule has 3 aromatic heterocycles. The van der Waals surface area contributed by atoms with E-state index in [1.54, 1.807) is 6.20 Å². The Hall–Kier alpha value is -4.35. The number of hydrogen-bond acceptors (Lipinski definition) is 7. The number of rotatable bonds is 8. The van der Waals surface area contributed by atoms with Gasteiger partial charge in [0.25, 0.3) is 5.91 Å². The van der Waals surface area contributed by atoms with Gasteiger partial charge in [-0.3, -0.25) is 14.9 Å². The number of aliphatic hydroxyl groups is 1. The molecular weight excluding hydrogens is 549 g/mol. The van der Waals surface area contributed by atoms with Gasteiger partial charge in [-0.1, -0.05) is 23.7 Å². The average molecular weight is 576 g/mol. The number of aromatic amines is 1. The predicted octanol–water partition coefficient (Wildman–Crippen LogP) is 4.96. The molecule has 5 aromatic rings. The van der Waals surface area contributed by atoms with Crippen LogP contribution in [0.2, 0.25) is 5.02 Å². The molecule has 12 heteroatoms. The van der Waals surface area contributed by atoms with E-state index in [-0.39, 0.29) is 30.9 Å². The molecule has 1 aliphatic rings. The Kier molecular flexibility index (Phi) is 7.62. The molecule has 0 bridgehead atoms. The third kappa shape index (κ3) is 5.50. The minimum atomic E-state index is -0.617. The summed E-state index contributed by atoms with van der Waals surface area (Å²) in [6.45, 7) is 0.0263. The van der Waals surface area contributed by atoms with Gasteiger partial charge in [-0.2, -0.15) is 5.10 Å². The number of fused-ring (bicyclic) bond motifs is 1. The highest BCUT2D eigenvalue weighted by Gasteiger charge is 2.30. The van der Waals surface area contributed by atoms with Crippen LogP contribution in [0.25, 0.3) is 33.9 Å². The summed E-state index contributed by atoms with van der Waals surface area (Å²) >= 11 is 6.02. The van der Waals surface area contributed by atoms with E-state index in [1.165, 1.54) is 24.5 Å². The molecule has 3 heterocycles. The summed E-state index contributed by atoms with van der Waals surface area (Å²) in [6.07, 6.45) is 6.18. The zero-order chi connectivity index (χ0) is 28.3. The average Bonchev–Trinajstić information content (AvgIpc) is 3.66. The molecular formula is C29H27ClFN7O3. The first kappa shape index (κ1) is 26.9. The number of aromatic nitrogens is 6. The zero-order valence-electron chi connectivity index (χ0n) is 21.9. The first-order valence-electron chi connectivity index (χ1n) is 13.3. The maximum atomic E-state index is 14.4. The highest BCUT2D eigenvalue weighted by Crippen LogP contribution is 2.39. The molecule has 1 amide bonds. The molecule has 3 N–H and O–H groups in total. The summed E-state index contributed by atoms with van der Waals surface area (Å²) in [5, 5.41) is 19.5. The van der Waals surface area contributed by atoms with Crippen molar-refractivity contribution in [3.63, 3.8) is 0 Å². The quantitative estimate of drug-likeness (QED) is 0.238. The predicted molar refractivity (Wildman–Crippen MR) is 151 cm³/mol. The van der Waals surface area contributed by atoms with E-state index < -0.39 is 11.7 Å². The van der Waals surface area contributed by atoms with Gasteiger partial charge >= 0.3 is 0 Å². The van der Waals surface area contributed by atoms with Crippen LogP contribution < -0.4 is 10.1 Å². The van der Waals surface area contributed by atoms with Crippen LogP contribution in [0.5, 0.6) is 5.75 Å². The highest BCUT2D eigenvalue weighted by atomic mass is 35.5. The maximum Gasteiger partial charge on any atom is 0.254 e. The van der Waals surface area contributed by atoms with E-state index in [2.05, 4.69) is 30.0 Å². The number of benzene rings is 2. The number of carbonyl (C=O) groups is 1. The van der Waals surface area contributed by atoms with Crippen molar-refractivity contribution in [3.05, 3.63) is 77.5 Å². The fourth-order valence-corrected chi connectivity index (χ4v) is 5.59. The van der Waals surface area contributed by atoms with Crippen molar-refractivity contribution < 1.29 is 19.0 Å². The molecule has 0 radical (unpaired) electrons. The van der Waals surface area contributed by atoms with Crippen LogP contribution in [0.1, 0.15) is 42.1 Å². The van der Waals surface area contributed by atoms with Gasteiger partial charge in [0.15, 0.2) is 5.82 Å². The molecule has 0 saturated heterocycles. The lowest BCUT2D eigenvalue weighted by atomic mass is 9.90. The minimum Gasteiger partial charge on any atom is -0.490 e. The number of halogens is 2. The SMILES string of the molecule is O=C(N[C@H]1CCC[C@@H](n2c(-c3ccccc3OCCO)nc3cnc(-c4ncn[nH]4)cc32)C1)c1cc(Cl)ccc1F. The number of aliphatic hydroxyl groups excluding tert-OH is 1. The van der Waals surface area contributed by atoms with Crippen molar-refractivity contribution in [2.45, 2.75) is 37.8 Å². The lowest BCUT2D eigenvalue weighted by molar-refractivity contribution is 0.0917. The maximum absolute atomic E-state index is 14.4. The van der Waals surface area contributed by atoms with Crippen LogP contribution in [0, 0.1) is 5.82 Å². The van der Waals surface area contributed by atoms with Gasteiger partial charge in [-0.15, -0.1) is 0 Å². The van der Waals surface area contributed by atoms with Crippen molar-refractivity contribution in [2.24, 2.45) is 0 Å². The summed E-state index contributed by atoms with van der Waals surface area (Å²) in [6, 6.07) is 13.2. The Morgan fingerprint density at radius 3 is 2.90 bits per heavy atom. The molecule has 6 rings (SSSR count). The van der Waals surface area contributed by atoms with Crippen LogP contribution in [-0.4, -0.2) is 60.0 Å². The smallest absolute Gasteiger partial charge is 0.254 e. The number of nitrogens with one attached hydrogen (secondary N) is 2. The van der Waals surface area contributed by atoms with Gasteiger partial charge < -0.3 is 19.7 Å². The van der Waals surface area contributed by atoms with Gasteiger partial charge in [0.05, 0.1) is 29.4 Å². The van der Waals surface area contributed by atoms with E-state index in [1.807, 2.05) is 30.3 Å². The molecule has 210 valence electrons. The van der Waals surface area contributed by atoms with Crippen LogP contribution in [0.4, 0.5) is 4.39 Å². The van der Waals surface area contributed by atoms with Crippen molar-refractivity contribution in [1.82, 2.24) is 35.0 Å². The lowest BCUT2D eigenvalue weighted by Crippen LogP contribution is -2.39. The van der Waals surface area contributed by atoms with Gasteiger partial charge in [0.2, 0.25) is 0 Å². The Bertz CT molecular complexity index is 1690. The fraction of sp³-hybridized carbons (Fsp3) is 0.276. The highest BCUT2D eigenvalue weighted by molar-refractivity contribution is 6.31. The largest absolute Gasteiger partial charge is 0.490 e. The number of nitrogens with zero attached hydrogens (tertiary/aromatic N) is 5. The monoisotopic (exact) mass is 575 g/mol. The Morgan fingerprint density at radius 2 is 2.07 bits per heavy atom. The summed E-state index contributed by atoms with van der Waals surface area (Å²) < 4.78 is 22.4. The number of H-pyrrole nitrogens is 1. The summed E-state index contributed by atoms with van der Waals surface area (Å²) in [5.74, 6) is 0.701. The zero-order valence-corrected chi connectivity index (χ0v) is 22.7. The second-order valence-electron chi connectivity index (χ2n) is 9.88. The second-order valence-corrected chi connectivity index (χ2v) is 10.3. The third-order valence-electron chi connectivity index (χ3n) is 7.23. The van der Waals surface area contributed by atoms with Crippen molar-refractivity contribution in [1.29, 1.82) is 0 Å². The van der Waals surface area contributed by atoms with E-state index in [9.17, 15) is 14.3 Å². The molecule has 0 unspecified atom stereocenters. The minimum absolute atomic E-state index is 0.0471. The van der Waals surface area contributed by atoms with Gasteiger partial charge in [-0.25, -0.2) is 14.4 Å². The summed E-state index contributed by atoms with van der Waals surface area (Å²) in [7, 11) is 0. The first-order valence-corrected chi connectivity index (χ1v) is 13.7. The lowest BCUT2D eigenvalue weighted by Gasteiger charge is -2.32. The molecule has 1 fully saturated rings. The van der Waals surface area contributed by atoms with Crippen molar-refractivity contribution in [3.8, 4) is 28.7 Å². The Balaban J connectivity index is 1.40. The number of carbonyl (C=O) groups excluding carboxylic acids is 1. The standard InChI is InChI=1S/C29H27ClFN7O3/c30-17-8-9-22(31)21(12-17)29(40)35-18-4-3-5-19(13-18)38-25-14-23(27-33-16-34-37-27)32-15-24(25)36-28(38)20-6-1-2-7-26(20)41-11-10-39/h1-2,6-9,12,14-16,18-19,39H,3-5,10-11,13H2,(H,35,40)(H,33,34,37)/t18-,19+/m0/s1. The fourth-order valence-electron chi connectivity index (χ4n) is 5.41. The topological polar surface area (TPSA) is 131 Å². The van der Waals surface area contributed by atoms with Gasteiger partial charge in [0, 0.05) is 17.1 Å². The number of ether oxygens (including phenoxy) is 1. The van der Waals surface area contributed by atoms with Crippen LogP contribution >= 0.6 is 11.6 Å². The third-order valence-corrected chi connectivity index (χ3v) is 7.47. The molecule has 1 saturated carbocycles. The summed E-state index contributed by atoms with van der Waals surface area (Å²) in [5.41, 5.74) is 2.84. The van der Waals surface area contributed by atoms with E-state index in [0.29, 0.717) is 40.1 Å². The number of para-hydroxylation sites is 1. The molecule has 1 aliphatic carbocycles. The number of amides is 1. The van der Waals surface area contributed by atoms with Crippen LogP contribution in [0.15, 0.2) is 61.1 Å². The number of imidazole rings is 1. The summed E-state index contributed by atoms with van der Waals surface area (Å²) in [4.78, 5) is 26.8. The first-order chi connectivity index (χ1) is 20.0. The molecule has 10 nitrogen and oxygen atoms in total. The molecule has 2 aromatic carbocycles. The van der Waals surface area contributed by atoms with E-state index in [0.717, 1.165) is 30.3 Å². The van der Waals surface area contributed by atoms with Crippen LogP contribution in [-0.2, 0) is 0 Å².